The molecule has 0 saturated carbocycles. The van der Waals surface area contributed by atoms with Gasteiger partial charge in [-0.1, -0.05) is 0 Å². The molecule has 0 aliphatic carbocycles. The van der Waals surface area contributed by atoms with Gasteiger partial charge in [-0.2, -0.15) is 0 Å². The van der Waals surface area contributed by atoms with Crippen molar-refractivity contribution in [3.8, 4) is 11.5 Å². The second-order valence-corrected chi connectivity index (χ2v) is 6.06. The predicted octanol–water partition coefficient (Wildman–Crippen LogP) is 3.99. The lowest BCUT2D eigenvalue weighted by Crippen LogP contribution is -2.00. The van der Waals surface area contributed by atoms with Gasteiger partial charge in [0.1, 0.15) is 17.8 Å². The third kappa shape index (κ3) is 3.24. The molecule has 126 valence electrons. The molecule has 3 aromatic rings. The van der Waals surface area contributed by atoms with Crippen LogP contribution >= 0.6 is 0 Å². The molecular weight excluding hydrogens is 314 g/mol. The lowest BCUT2D eigenvalue weighted by atomic mass is 10.2. The molecule has 3 heterocycles. The summed E-state index contributed by atoms with van der Waals surface area (Å²) in [5.41, 5.74) is 5.01. The molecule has 6 nitrogen and oxygen atoms in total. The van der Waals surface area contributed by atoms with E-state index in [4.69, 9.17) is 4.74 Å². The maximum Gasteiger partial charge on any atom is 0.157 e. The van der Waals surface area contributed by atoms with Crippen LogP contribution in [0.25, 0.3) is 0 Å². The summed E-state index contributed by atoms with van der Waals surface area (Å²) in [6.07, 6.45) is 4.27. The zero-order chi connectivity index (χ0) is 17.2. The second kappa shape index (κ2) is 6.39. The number of nitrogens with zero attached hydrogens (tertiary/aromatic N) is 3. The molecule has 2 aromatic heterocycles. The van der Waals surface area contributed by atoms with Crippen molar-refractivity contribution in [3.63, 3.8) is 0 Å². The van der Waals surface area contributed by atoms with Crippen molar-refractivity contribution >= 4 is 17.2 Å². The minimum absolute atomic E-state index is 0.729. The van der Waals surface area contributed by atoms with E-state index in [0.29, 0.717) is 0 Å². The van der Waals surface area contributed by atoms with E-state index in [9.17, 15) is 0 Å². The lowest BCUT2D eigenvalue weighted by Gasteiger charge is -2.13. The highest BCUT2D eigenvalue weighted by Gasteiger charge is 2.16. The fourth-order valence-corrected chi connectivity index (χ4v) is 2.82. The average molecular weight is 333 g/mol. The number of hydrogen-bond acceptors (Lipinski definition) is 6. The first kappa shape index (κ1) is 15.4. The largest absolute Gasteiger partial charge is 0.455 e. The molecule has 0 amide bonds. The Morgan fingerprint density at radius 1 is 1.08 bits per heavy atom. The number of ether oxygens (including phenoxy) is 1. The molecule has 0 atom stereocenters. The molecule has 0 bridgehead atoms. The van der Waals surface area contributed by atoms with E-state index in [1.165, 1.54) is 0 Å². The topological polar surface area (TPSA) is 72.0 Å². The van der Waals surface area contributed by atoms with Crippen LogP contribution in [0.4, 0.5) is 17.2 Å². The lowest BCUT2D eigenvalue weighted by molar-refractivity contribution is 0.476. The third-order valence-electron chi connectivity index (χ3n) is 4.14. The van der Waals surface area contributed by atoms with Gasteiger partial charge in [0.25, 0.3) is 0 Å². The number of aryl methyl sites for hydroxylation is 2. The maximum atomic E-state index is 5.92. The molecule has 0 radical (unpaired) electrons. The van der Waals surface area contributed by atoms with E-state index in [1.807, 2.05) is 44.2 Å². The predicted molar refractivity (Wildman–Crippen MR) is 97.7 cm³/mol. The van der Waals surface area contributed by atoms with Crippen LogP contribution in [0.3, 0.4) is 0 Å². The molecular formula is C19H19N5O. The van der Waals surface area contributed by atoms with Gasteiger partial charge in [0.15, 0.2) is 5.82 Å². The number of fused-ring (bicyclic) bond motifs is 1. The fourth-order valence-electron chi connectivity index (χ4n) is 2.82. The van der Waals surface area contributed by atoms with Crippen LogP contribution < -0.4 is 15.4 Å². The Bertz CT molecular complexity index is 908. The van der Waals surface area contributed by atoms with E-state index in [1.54, 1.807) is 12.5 Å². The molecule has 2 N–H and O–H groups in total. The van der Waals surface area contributed by atoms with Crippen molar-refractivity contribution in [2.75, 3.05) is 17.2 Å². The Morgan fingerprint density at radius 3 is 2.80 bits per heavy atom. The van der Waals surface area contributed by atoms with Crippen LogP contribution in [0.5, 0.6) is 11.5 Å². The number of hydrogen-bond donors (Lipinski definition) is 2. The van der Waals surface area contributed by atoms with E-state index in [2.05, 4.69) is 25.6 Å². The highest BCUT2D eigenvalue weighted by atomic mass is 16.5. The molecule has 1 aromatic carbocycles. The van der Waals surface area contributed by atoms with Crippen LogP contribution in [0.2, 0.25) is 0 Å². The Labute approximate surface area is 146 Å². The van der Waals surface area contributed by atoms with Crippen molar-refractivity contribution in [1.82, 2.24) is 15.0 Å². The summed E-state index contributed by atoms with van der Waals surface area (Å²) in [6, 6.07) is 9.83. The van der Waals surface area contributed by atoms with Crippen molar-refractivity contribution in [2.45, 2.75) is 20.3 Å². The maximum absolute atomic E-state index is 5.92. The number of nitrogens with one attached hydrogen (secondary N) is 2. The summed E-state index contributed by atoms with van der Waals surface area (Å²) in [4.78, 5) is 12.9. The van der Waals surface area contributed by atoms with Crippen LogP contribution in [0, 0.1) is 13.8 Å². The third-order valence-corrected chi connectivity index (χ3v) is 4.14. The summed E-state index contributed by atoms with van der Waals surface area (Å²) in [6.45, 7) is 4.87. The van der Waals surface area contributed by atoms with E-state index >= 15 is 0 Å². The second-order valence-electron chi connectivity index (χ2n) is 6.06. The highest BCUT2D eigenvalue weighted by molar-refractivity contribution is 5.74. The van der Waals surface area contributed by atoms with Gasteiger partial charge in [-0.15, -0.1) is 0 Å². The summed E-state index contributed by atoms with van der Waals surface area (Å²) >= 11 is 0. The normalized spacial score (nSPS) is 12.4. The monoisotopic (exact) mass is 333 g/mol. The zero-order valence-electron chi connectivity index (χ0n) is 14.2. The van der Waals surface area contributed by atoms with E-state index in [-0.39, 0.29) is 0 Å². The standard InChI is InChI=1S/C19H19N5O/c1-12-9-14(24-19-18-16(7-8-20-18)22-11-23-19)4-6-17(12)25-15-5-3-13(2)21-10-15/h3-6,9-11,20H,7-8H2,1-2H3,(H,22,23,24). The quantitative estimate of drug-likeness (QED) is 0.752. The summed E-state index contributed by atoms with van der Waals surface area (Å²) < 4.78 is 5.92. The van der Waals surface area contributed by atoms with E-state index in [0.717, 1.165) is 58.6 Å². The fraction of sp³-hybridized carbons (Fsp3) is 0.211. The number of pyridine rings is 1. The molecule has 25 heavy (non-hydrogen) atoms. The zero-order valence-corrected chi connectivity index (χ0v) is 14.2. The number of aromatic nitrogens is 3. The average Bonchev–Trinajstić information content (AvgIpc) is 3.09. The van der Waals surface area contributed by atoms with Crippen LogP contribution in [-0.2, 0) is 6.42 Å². The molecule has 0 spiro atoms. The molecule has 4 rings (SSSR count). The summed E-state index contributed by atoms with van der Waals surface area (Å²) in [5.74, 6) is 2.34. The first-order valence-corrected chi connectivity index (χ1v) is 8.25. The molecule has 0 unspecified atom stereocenters. The van der Waals surface area contributed by atoms with Crippen molar-refractivity contribution in [2.24, 2.45) is 0 Å². The Kier molecular flexibility index (Phi) is 3.93. The molecule has 0 saturated heterocycles. The molecule has 1 aliphatic rings. The van der Waals surface area contributed by atoms with Crippen LogP contribution in [-0.4, -0.2) is 21.5 Å². The van der Waals surface area contributed by atoms with Gasteiger partial charge >= 0.3 is 0 Å². The smallest absolute Gasteiger partial charge is 0.157 e. The minimum atomic E-state index is 0.729. The van der Waals surface area contributed by atoms with Gasteiger partial charge in [0, 0.05) is 24.3 Å². The van der Waals surface area contributed by atoms with E-state index < -0.39 is 0 Å². The van der Waals surface area contributed by atoms with Gasteiger partial charge in [0.2, 0.25) is 0 Å². The first-order chi connectivity index (χ1) is 12.2. The van der Waals surface area contributed by atoms with Crippen molar-refractivity contribution in [1.29, 1.82) is 0 Å². The van der Waals surface area contributed by atoms with Gasteiger partial charge in [0.05, 0.1) is 17.6 Å². The first-order valence-electron chi connectivity index (χ1n) is 8.25. The number of anilines is 3. The molecule has 1 aliphatic heterocycles. The SMILES string of the molecule is Cc1ccc(Oc2ccc(Nc3ncnc4c3NCC4)cc2C)cn1. The van der Waals surface area contributed by atoms with Gasteiger partial charge in [-0.3, -0.25) is 4.98 Å². The van der Waals surface area contributed by atoms with Crippen molar-refractivity contribution < 1.29 is 4.74 Å². The number of rotatable bonds is 4. The molecule has 6 heteroatoms. The van der Waals surface area contributed by atoms with Crippen molar-refractivity contribution in [3.05, 3.63) is 59.8 Å². The van der Waals surface area contributed by atoms with Crippen LogP contribution in [0.1, 0.15) is 17.0 Å². The number of benzene rings is 1. The Hall–Kier alpha value is -3.15. The summed E-state index contributed by atoms with van der Waals surface area (Å²) in [7, 11) is 0. The van der Waals surface area contributed by atoms with Crippen LogP contribution in [0.15, 0.2) is 42.9 Å². The molecule has 0 fully saturated rings. The Morgan fingerprint density at radius 2 is 2.00 bits per heavy atom. The van der Waals surface area contributed by atoms with Gasteiger partial charge in [-0.25, -0.2) is 9.97 Å². The summed E-state index contributed by atoms with van der Waals surface area (Å²) in [5, 5.41) is 6.70. The van der Waals surface area contributed by atoms with Gasteiger partial charge in [-0.05, 0) is 49.7 Å². The minimum Gasteiger partial charge on any atom is -0.455 e. The van der Waals surface area contributed by atoms with Gasteiger partial charge < -0.3 is 15.4 Å². The highest BCUT2D eigenvalue weighted by Crippen LogP contribution is 2.32. The Balaban J connectivity index is 1.54.